The number of anilines is 1. The van der Waals surface area contributed by atoms with Gasteiger partial charge >= 0.3 is 0 Å². The van der Waals surface area contributed by atoms with E-state index in [4.69, 9.17) is 0 Å². The summed E-state index contributed by atoms with van der Waals surface area (Å²) in [6.45, 7) is 1.09. The van der Waals surface area contributed by atoms with Crippen LogP contribution in [0.1, 0.15) is 12.0 Å². The largest absolute Gasteiger partial charge is 0.385 e. The number of nitrogens with zero attached hydrogens (tertiary/aromatic N) is 1. The van der Waals surface area contributed by atoms with E-state index in [-0.39, 0.29) is 0 Å². The number of rotatable bonds is 0. The Hall–Kier alpha value is -1.51. The molecule has 0 saturated heterocycles. The lowest BCUT2D eigenvalue weighted by atomic mass is 10.0. The van der Waals surface area contributed by atoms with E-state index < -0.39 is 0 Å². The number of aromatic nitrogens is 2. The summed E-state index contributed by atoms with van der Waals surface area (Å²) in [7, 11) is 0. The van der Waals surface area contributed by atoms with E-state index in [2.05, 4.69) is 27.4 Å². The molecular weight excluding hydrogens is 162 g/mol. The van der Waals surface area contributed by atoms with Crippen molar-refractivity contribution in [1.29, 1.82) is 0 Å². The minimum atomic E-state index is 1.05. The van der Waals surface area contributed by atoms with Gasteiger partial charge in [-0.1, -0.05) is 0 Å². The van der Waals surface area contributed by atoms with Gasteiger partial charge in [-0.15, -0.1) is 0 Å². The van der Waals surface area contributed by atoms with Crippen LogP contribution in [0.2, 0.25) is 0 Å². The van der Waals surface area contributed by atoms with Crippen LogP contribution in [0.5, 0.6) is 0 Å². The van der Waals surface area contributed by atoms with E-state index in [0.717, 1.165) is 17.6 Å². The quantitative estimate of drug-likeness (QED) is 0.639. The molecule has 2 N–H and O–H groups in total. The molecule has 0 radical (unpaired) electrons. The van der Waals surface area contributed by atoms with E-state index in [1.54, 1.807) is 6.33 Å². The van der Waals surface area contributed by atoms with Gasteiger partial charge < -0.3 is 10.3 Å². The molecule has 1 aromatic carbocycles. The van der Waals surface area contributed by atoms with Crippen LogP contribution in [-0.4, -0.2) is 16.5 Å². The zero-order chi connectivity index (χ0) is 8.67. The highest BCUT2D eigenvalue weighted by Gasteiger charge is 2.09. The van der Waals surface area contributed by atoms with Crippen molar-refractivity contribution in [2.75, 3.05) is 11.9 Å². The number of aryl methyl sites for hydroxylation is 1. The Morgan fingerprint density at radius 3 is 3.31 bits per heavy atom. The molecule has 0 saturated carbocycles. The van der Waals surface area contributed by atoms with Gasteiger partial charge in [-0.3, -0.25) is 0 Å². The van der Waals surface area contributed by atoms with Crippen LogP contribution < -0.4 is 5.32 Å². The van der Waals surface area contributed by atoms with E-state index in [9.17, 15) is 0 Å². The van der Waals surface area contributed by atoms with Crippen molar-refractivity contribution in [3.05, 3.63) is 24.0 Å². The number of nitrogens with one attached hydrogen (secondary N) is 2. The molecule has 3 heteroatoms. The summed E-state index contributed by atoms with van der Waals surface area (Å²) in [5.41, 5.74) is 4.85. The third-order valence-electron chi connectivity index (χ3n) is 2.58. The lowest BCUT2D eigenvalue weighted by molar-refractivity contribution is 0.831. The summed E-state index contributed by atoms with van der Waals surface area (Å²) >= 11 is 0. The average molecular weight is 173 g/mol. The summed E-state index contributed by atoms with van der Waals surface area (Å²) in [5.74, 6) is 0. The third kappa shape index (κ3) is 1.00. The standard InChI is InChI=1S/C10H11N3/c1-2-7-4-9-10(13-6-12-9)5-8(7)11-3-1/h4-6,11H,1-3H2,(H,12,13). The zero-order valence-electron chi connectivity index (χ0n) is 7.30. The summed E-state index contributed by atoms with van der Waals surface area (Å²) in [6, 6.07) is 4.32. The van der Waals surface area contributed by atoms with Gasteiger partial charge in [0.15, 0.2) is 0 Å². The van der Waals surface area contributed by atoms with Gasteiger partial charge in [-0.25, -0.2) is 4.98 Å². The lowest BCUT2D eigenvalue weighted by Crippen LogP contribution is -2.11. The fraction of sp³-hybridized carbons (Fsp3) is 0.300. The van der Waals surface area contributed by atoms with Crippen molar-refractivity contribution in [3.63, 3.8) is 0 Å². The summed E-state index contributed by atoms with van der Waals surface area (Å²) < 4.78 is 0. The summed E-state index contributed by atoms with van der Waals surface area (Å²) in [5, 5.41) is 3.39. The van der Waals surface area contributed by atoms with Gasteiger partial charge in [0.05, 0.1) is 17.4 Å². The van der Waals surface area contributed by atoms with E-state index >= 15 is 0 Å². The van der Waals surface area contributed by atoms with Crippen LogP contribution in [0.25, 0.3) is 11.0 Å². The highest BCUT2D eigenvalue weighted by molar-refractivity contribution is 5.81. The summed E-state index contributed by atoms with van der Waals surface area (Å²) in [4.78, 5) is 7.36. The molecule has 2 aromatic rings. The second-order valence-corrected chi connectivity index (χ2v) is 3.46. The smallest absolute Gasteiger partial charge is 0.0931 e. The van der Waals surface area contributed by atoms with Gasteiger partial charge in [-0.05, 0) is 30.5 Å². The first kappa shape index (κ1) is 6.95. The zero-order valence-corrected chi connectivity index (χ0v) is 7.30. The molecule has 0 amide bonds. The number of hydrogen-bond donors (Lipinski definition) is 2. The maximum atomic E-state index is 4.23. The molecule has 66 valence electrons. The van der Waals surface area contributed by atoms with E-state index in [1.165, 1.54) is 24.1 Å². The van der Waals surface area contributed by atoms with Gasteiger partial charge in [0.2, 0.25) is 0 Å². The maximum Gasteiger partial charge on any atom is 0.0931 e. The van der Waals surface area contributed by atoms with Crippen LogP contribution in [0.15, 0.2) is 18.5 Å². The molecular formula is C10H11N3. The SMILES string of the molecule is c1nc2cc3c(cc2[nH]1)CCCN3. The normalized spacial score (nSPS) is 15.4. The average Bonchev–Trinajstić information content (AvgIpc) is 2.61. The van der Waals surface area contributed by atoms with Crippen LogP contribution in [0.4, 0.5) is 5.69 Å². The van der Waals surface area contributed by atoms with Crippen molar-refractivity contribution in [2.45, 2.75) is 12.8 Å². The Morgan fingerprint density at radius 1 is 1.31 bits per heavy atom. The van der Waals surface area contributed by atoms with Crippen molar-refractivity contribution in [3.8, 4) is 0 Å². The highest BCUT2D eigenvalue weighted by Crippen LogP contribution is 2.25. The monoisotopic (exact) mass is 173 g/mol. The predicted molar refractivity (Wildman–Crippen MR) is 52.9 cm³/mol. The fourth-order valence-corrected chi connectivity index (χ4v) is 1.90. The molecule has 0 fully saturated rings. The van der Waals surface area contributed by atoms with Gasteiger partial charge in [0.25, 0.3) is 0 Å². The predicted octanol–water partition coefficient (Wildman–Crippen LogP) is 1.92. The Balaban J connectivity index is 2.28. The lowest BCUT2D eigenvalue weighted by Gasteiger charge is -2.17. The van der Waals surface area contributed by atoms with Crippen molar-refractivity contribution >= 4 is 16.7 Å². The molecule has 0 aliphatic carbocycles. The minimum absolute atomic E-state index is 1.05. The van der Waals surface area contributed by atoms with E-state index in [0.29, 0.717) is 0 Å². The van der Waals surface area contributed by atoms with Crippen molar-refractivity contribution in [1.82, 2.24) is 9.97 Å². The van der Waals surface area contributed by atoms with Crippen LogP contribution in [0, 0.1) is 0 Å². The van der Waals surface area contributed by atoms with Crippen LogP contribution in [0.3, 0.4) is 0 Å². The first-order valence-corrected chi connectivity index (χ1v) is 4.63. The Morgan fingerprint density at radius 2 is 2.31 bits per heavy atom. The number of imidazole rings is 1. The number of hydrogen-bond acceptors (Lipinski definition) is 2. The van der Waals surface area contributed by atoms with Crippen molar-refractivity contribution in [2.24, 2.45) is 0 Å². The molecule has 1 aromatic heterocycles. The Kier molecular flexibility index (Phi) is 1.33. The molecule has 2 heterocycles. The topological polar surface area (TPSA) is 40.7 Å². The van der Waals surface area contributed by atoms with Gasteiger partial charge in [-0.2, -0.15) is 0 Å². The van der Waals surface area contributed by atoms with Crippen molar-refractivity contribution < 1.29 is 0 Å². The highest BCUT2D eigenvalue weighted by atomic mass is 14.9. The van der Waals surface area contributed by atoms with Gasteiger partial charge in [0, 0.05) is 12.2 Å². The number of benzene rings is 1. The third-order valence-corrected chi connectivity index (χ3v) is 2.58. The second kappa shape index (κ2) is 2.49. The molecule has 0 bridgehead atoms. The number of fused-ring (bicyclic) bond motifs is 2. The molecule has 0 unspecified atom stereocenters. The second-order valence-electron chi connectivity index (χ2n) is 3.46. The molecule has 0 atom stereocenters. The fourth-order valence-electron chi connectivity index (χ4n) is 1.90. The molecule has 1 aliphatic heterocycles. The number of aromatic amines is 1. The maximum absolute atomic E-state index is 4.23. The first-order valence-electron chi connectivity index (χ1n) is 4.63. The molecule has 13 heavy (non-hydrogen) atoms. The van der Waals surface area contributed by atoms with Gasteiger partial charge in [0.1, 0.15) is 0 Å². The van der Waals surface area contributed by atoms with Crippen LogP contribution >= 0.6 is 0 Å². The molecule has 3 rings (SSSR count). The molecule has 0 spiro atoms. The van der Waals surface area contributed by atoms with E-state index in [1.807, 2.05) is 0 Å². The first-order chi connectivity index (χ1) is 6.43. The van der Waals surface area contributed by atoms with Crippen LogP contribution in [-0.2, 0) is 6.42 Å². The molecule has 1 aliphatic rings. The Bertz CT molecular complexity index is 404. The Labute approximate surface area is 76.2 Å². The number of H-pyrrole nitrogens is 1. The minimum Gasteiger partial charge on any atom is -0.385 e. The molecule has 3 nitrogen and oxygen atoms in total. The summed E-state index contributed by atoms with van der Waals surface area (Å²) in [6.07, 6.45) is 4.15.